The molecule has 47 heavy (non-hydrogen) atoms. The van der Waals surface area contributed by atoms with E-state index in [0.717, 1.165) is 17.7 Å². The third-order valence-electron chi connectivity index (χ3n) is 7.82. The average Bonchev–Trinajstić information content (AvgIpc) is 2.98. The minimum absolute atomic E-state index is 0.0730. The Hall–Kier alpha value is -4.62. The van der Waals surface area contributed by atoms with Crippen molar-refractivity contribution in [2.24, 2.45) is 0 Å². The predicted octanol–water partition coefficient (Wildman–Crippen LogP) is 8.03. The molecule has 0 spiro atoms. The molecule has 2 aromatic carbocycles. The highest BCUT2D eigenvalue weighted by Gasteiger charge is 2.41. The van der Waals surface area contributed by atoms with Crippen LogP contribution in [0.3, 0.4) is 0 Å². The Labute approximate surface area is 268 Å². The van der Waals surface area contributed by atoms with E-state index in [1.54, 1.807) is 4.90 Å². The lowest BCUT2D eigenvalue weighted by Gasteiger charge is -2.47. The topological polar surface area (TPSA) is 79.3 Å². The molecule has 0 atom stereocenters. The van der Waals surface area contributed by atoms with Gasteiger partial charge in [0.15, 0.2) is 0 Å². The fraction of sp³-hybridized carbons (Fsp3) is 0.394. The van der Waals surface area contributed by atoms with Crippen molar-refractivity contribution in [1.29, 1.82) is 0 Å². The molecule has 2 aromatic heterocycles. The molecule has 1 fully saturated rings. The summed E-state index contributed by atoms with van der Waals surface area (Å²) < 4.78 is 88.0. The predicted molar refractivity (Wildman–Crippen MR) is 167 cm³/mol. The minimum Gasteiger partial charge on any atom is -0.458 e. The number of anilines is 4. The highest BCUT2D eigenvalue weighted by atomic mass is 19.4. The summed E-state index contributed by atoms with van der Waals surface area (Å²) in [7, 11) is 0. The number of benzene rings is 2. The van der Waals surface area contributed by atoms with Crippen LogP contribution >= 0.6 is 0 Å². The summed E-state index contributed by atoms with van der Waals surface area (Å²) in [6.45, 7) is 9.99. The van der Waals surface area contributed by atoms with Gasteiger partial charge in [-0.1, -0.05) is 51.1 Å². The molecule has 0 aliphatic carbocycles. The Morgan fingerprint density at radius 2 is 1.47 bits per heavy atom. The number of rotatable bonds is 7. The molecular weight excluding hydrogens is 624 g/mol. The van der Waals surface area contributed by atoms with E-state index >= 15 is 0 Å². The number of hydrogen-bond acceptors (Lipinski definition) is 8. The van der Waals surface area contributed by atoms with Crippen molar-refractivity contribution >= 4 is 23.4 Å². The van der Waals surface area contributed by atoms with Crippen molar-refractivity contribution in [1.82, 2.24) is 19.9 Å². The molecule has 8 nitrogen and oxygen atoms in total. The normalized spacial score (nSPS) is 15.5. The summed E-state index contributed by atoms with van der Waals surface area (Å²) in [5.41, 5.74) is -0.892. The second-order valence-corrected chi connectivity index (χ2v) is 12.9. The molecule has 1 aliphatic rings. The SMILES string of the molecule is CC(C)(C)c1ccc(Nc2nc(OCc3ccccc3C(F)(F)F)nc(N3CCN(c4ncccc4C(F)(F)F)CC3(C)C)n2)cc1. The Morgan fingerprint density at radius 1 is 0.809 bits per heavy atom. The van der Waals surface area contributed by atoms with Crippen LogP contribution in [0.2, 0.25) is 0 Å². The zero-order valence-corrected chi connectivity index (χ0v) is 26.5. The first-order chi connectivity index (χ1) is 21.9. The van der Waals surface area contributed by atoms with E-state index in [9.17, 15) is 26.3 Å². The van der Waals surface area contributed by atoms with Gasteiger partial charge in [-0.15, -0.1) is 0 Å². The summed E-state index contributed by atoms with van der Waals surface area (Å²) in [4.78, 5) is 20.8. The maximum Gasteiger partial charge on any atom is 0.419 e. The van der Waals surface area contributed by atoms with Crippen LogP contribution in [-0.2, 0) is 24.4 Å². The highest BCUT2D eigenvalue weighted by molar-refractivity contribution is 5.57. The van der Waals surface area contributed by atoms with Crippen LogP contribution < -0.4 is 19.9 Å². The molecule has 1 N–H and O–H groups in total. The lowest BCUT2D eigenvalue weighted by atomic mass is 9.87. The van der Waals surface area contributed by atoms with Gasteiger partial charge in [0.1, 0.15) is 12.4 Å². The first-order valence-electron chi connectivity index (χ1n) is 14.9. The van der Waals surface area contributed by atoms with Crippen molar-refractivity contribution in [3.8, 4) is 6.01 Å². The van der Waals surface area contributed by atoms with Gasteiger partial charge in [-0.3, -0.25) is 0 Å². The molecule has 0 bridgehead atoms. The van der Waals surface area contributed by atoms with Crippen molar-refractivity contribution in [3.05, 3.63) is 89.1 Å². The van der Waals surface area contributed by atoms with E-state index in [0.29, 0.717) is 5.69 Å². The number of nitrogens with zero attached hydrogens (tertiary/aromatic N) is 6. The fourth-order valence-electron chi connectivity index (χ4n) is 5.41. The molecule has 5 rings (SSSR count). The summed E-state index contributed by atoms with van der Waals surface area (Å²) >= 11 is 0. The maximum absolute atomic E-state index is 13.8. The van der Waals surface area contributed by atoms with Gasteiger partial charge in [-0.05, 0) is 55.2 Å². The number of ether oxygens (including phenoxy) is 1. The van der Waals surface area contributed by atoms with E-state index in [4.69, 9.17) is 4.74 Å². The number of hydrogen-bond donors (Lipinski definition) is 1. The number of alkyl halides is 6. The lowest BCUT2D eigenvalue weighted by molar-refractivity contribution is -0.139. The van der Waals surface area contributed by atoms with E-state index in [2.05, 4.69) is 46.0 Å². The number of nitrogens with one attached hydrogen (secondary N) is 1. The van der Waals surface area contributed by atoms with Gasteiger partial charge in [0.25, 0.3) is 0 Å². The second kappa shape index (κ2) is 12.5. The summed E-state index contributed by atoms with van der Waals surface area (Å²) in [6, 6.07) is 14.7. The van der Waals surface area contributed by atoms with Crippen LogP contribution in [0.15, 0.2) is 66.9 Å². The first kappa shape index (κ1) is 33.7. The number of piperazine rings is 1. The summed E-state index contributed by atoms with van der Waals surface area (Å²) in [6.07, 6.45) is -7.84. The molecule has 0 radical (unpaired) electrons. The molecule has 1 aliphatic heterocycles. The van der Waals surface area contributed by atoms with Gasteiger partial charge in [0.2, 0.25) is 11.9 Å². The van der Waals surface area contributed by atoms with E-state index < -0.39 is 35.6 Å². The van der Waals surface area contributed by atoms with E-state index in [1.807, 2.05) is 43.0 Å². The lowest BCUT2D eigenvalue weighted by Crippen LogP contribution is -2.60. The smallest absolute Gasteiger partial charge is 0.419 e. The molecule has 14 heteroatoms. The van der Waals surface area contributed by atoms with Gasteiger partial charge in [0, 0.05) is 37.1 Å². The highest BCUT2D eigenvalue weighted by Crippen LogP contribution is 2.38. The maximum atomic E-state index is 13.8. The fourth-order valence-corrected chi connectivity index (χ4v) is 5.41. The van der Waals surface area contributed by atoms with Gasteiger partial charge in [0.05, 0.1) is 16.7 Å². The third kappa shape index (κ3) is 7.86. The molecule has 1 saturated heterocycles. The molecule has 4 aromatic rings. The van der Waals surface area contributed by atoms with Crippen molar-refractivity contribution in [2.75, 3.05) is 34.8 Å². The van der Waals surface area contributed by atoms with Gasteiger partial charge >= 0.3 is 18.4 Å². The quantitative estimate of drug-likeness (QED) is 0.200. The summed E-state index contributed by atoms with van der Waals surface area (Å²) in [5, 5.41) is 3.13. The van der Waals surface area contributed by atoms with Gasteiger partial charge in [-0.2, -0.15) is 41.3 Å². The van der Waals surface area contributed by atoms with Crippen molar-refractivity contribution in [2.45, 2.75) is 64.5 Å². The number of aromatic nitrogens is 4. The average molecular weight is 660 g/mol. The molecular formula is C33H35F6N7O. The largest absolute Gasteiger partial charge is 0.458 e. The summed E-state index contributed by atoms with van der Waals surface area (Å²) in [5.74, 6) is 0.0614. The van der Waals surface area contributed by atoms with Gasteiger partial charge in [-0.25, -0.2) is 4.98 Å². The Balaban J connectivity index is 1.46. The van der Waals surface area contributed by atoms with Crippen molar-refractivity contribution in [3.63, 3.8) is 0 Å². The zero-order valence-electron chi connectivity index (χ0n) is 26.5. The van der Waals surface area contributed by atoms with Crippen LogP contribution in [0.4, 0.5) is 49.7 Å². The minimum atomic E-state index is -4.58. The zero-order chi connectivity index (χ0) is 34.2. The molecule has 250 valence electrons. The van der Waals surface area contributed by atoms with Crippen LogP contribution in [0.25, 0.3) is 0 Å². The number of halogens is 6. The van der Waals surface area contributed by atoms with Crippen molar-refractivity contribution < 1.29 is 31.1 Å². The van der Waals surface area contributed by atoms with Crippen LogP contribution in [0.5, 0.6) is 6.01 Å². The monoisotopic (exact) mass is 659 g/mol. The molecule has 0 amide bonds. The Kier molecular flexibility index (Phi) is 8.99. The molecule has 0 unspecified atom stereocenters. The van der Waals surface area contributed by atoms with Crippen LogP contribution in [-0.4, -0.2) is 45.1 Å². The van der Waals surface area contributed by atoms with Crippen LogP contribution in [0, 0.1) is 0 Å². The third-order valence-corrected chi connectivity index (χ3v) is 7.82. The Bertz CT molecular complexity index is 1700. The van der Waals surface area contributed by atoms with E-state index in [1.165, 1.54) is 30.5 Å². The molecule has 0 saturated carbocycles. The number of pyridine rings is 1. The van der Waals surface area contributed by atoms with Crippen LogP contribution in [0.1, 0.15) is 56.9 Å². The first-order valence-corrected chi connectivity index (χ1v) is 14.9. The second-order valence-electron chi connectivity index (χ2n) is 12.9. The standard InChI is InChI=1S/C33H35F6N7O/c1-30(2,3)22-12-14-23(15-13-22)41-27-42-28(44-29(43-27)47-19-21-9-6-7-10-24(21)32(34,35)36)46-18-17-45(20-31(46,4)5)26-25(33(37,38)39)11-8-16-40-26/h6-16H,17-20H2,1-5H3,(H,41,42,43,44). The van der Waals surface area contributed by atoms with E-state index in [-0.39, 0.29) is 54.3 Å². The molecule has 3 heterocycles. The Morgan fingerprint density at radius 3 is 2.11 bits per heavy atom. The van der Waals surface area contributed by atoms with Gasteiger partial charge < -0.3 is 19.9 Å².